The fourth-order valence-corrected chi connectivity index (χ4v) is 2.53. The van der Waals surface area contributed by atoms with E-state index in [1.54, 1.807) is 18.4 Å². The first-order chi connectivity index (χ1) is 8.24. The highest BCUT2D eigenvalue weighted by molar-refractivity contribution is 6.74. The van der Waals surface area contributed by atoms with Crippen LogP contribution in [0.3, 0.4) is 0 Å². The van der Waals surface area contributed by atoms with Gasteiger partial charge in [0.1, 0.15) is 11.9 Å². The van der Waals surface area contributed by atoms with Gasteiger partial charge in [-0.05, 0) is 43.1 Å². The van der Waals surface area contributed by atoms with Gasteiger partial charge in [-0.25, -0.2) is 0 Å². The Morgan fingerprint density at radius 3 is 2.56 bits per heavy atom. The van der Waals surface area contributed by atoms with Crippen LogP contribution in [0.15, 0.2) is 22.8 Å². The maximum atomic E-state index is 9.86. The van der Waals surface area contributed by atoms with Crippen molar-refractivity contribution in [1.82, 2.24) is 0 Å². The number of aliphatic hydroxyl groups excluding tert-OH is 1. The van der Waals surface area contributed by atoms with Crippen LogP contribution in [0.2, 0.25) is 18.1 Å². The Labute approximate surface area is 111 Å². The van der Waals surface area contributed by atoms with E-state index in [9.17, 15) is 5.11 Å². The summed E-state index contributed by atoms with van der Waals surface area (Å²) in [5.74, 6) is 0.641. The molecule has 4 heteroatoms. The van der Waals surface area contributed by atoms with Crippen LogP contribution in [-0.4, -0.2) is 20.0 Å². The van der Waals surface area contributed by atoms with Gasteiger partial charge in [-0.1, -0.05) is 20.8 Å². The van der Waals surface area contributed by atoms with Crippen molar-refractivity contribution in [1.29, 1.82) is 0 Å². The molecule has 1 N–H and O–H groups in total. The normalized spacial score (nSPS) is 14.8. The monoisotopic (exact) mass is 270 g/mol. The van der Waals surface area contributed by atoms with E-state index in [0.717, 1.165) is 6.42 Å². The highest BCUT2D eigenvalue weighted by Crippen LogP contribution is 2.36. The molecule has 1 aromatic heterocycles. The van der Waals surface area contributed by atoms with Crippen LogP contribution >= 0.6 is 0 Å². The van der Waals surface area contributed by atoms with Gasteiger partial charge in [-0.3, -0.25) is 0 Å². The standard InChI is InChI=1S/C14H26O3Si/c1-14(2,3)18(4,5)17-11-6-8-12(15)13-9-7-10-16-13/h7,9-10,12,15H,6,8,11H2,1-5H3/t12-/m1/s1. The lowest BCUT2D eigenvalue weighted by atomic mass is 10.1. The van der Waals surface area contributed by atoms with Gasteiger partial charge in [0.15, 0.2) is 8.32 Å². The van der Waals surface area contributed by atoms with Crippen molar-refractivity contribution in [3.05, 3.63) is 24.2 Å². The van der Waals surface area contributed by atoms with E-state index in [0.29, 0.717) is 18.8 Å². The minimum absolute atomic E-state index is 0.243. The first-order valence-corrected chi connectivity index (χ1v) is 9.50. The first-order valence-electron chi connectivity index (χ1n) is 6.59. The van der Waals surface area contributed by atoms with E-state index < -0.39 is 14.4 Å². The number of hydrogen-bond donors (Lipinski definition) is 1. The molecule has 0 radical (unpaired) electrons. The predicted octanol–water partition coefficient (Wildman–Crippen LogP) is 4.12. The second-order valence-electron chi connectivity index (χ2n) is 6.28. The van der Waals surface area contributed by atoms with Gasteiger partial charge in [0.05, 0.1) is 6.26 Å². The maximum absolute atomic E-state index is 9.86. The van der Waals surface area contributed by atoms with Gasteiger partial charge in [-0.2, -0.15) is 0 Å². The van der Waals surface area contributed by atoms with Crippen LogP contribution < -0.4 is 0 Å². The van der Waals surface area contributed by atoms with Crippen LogP contribution in [-0.2, 0) is 4.43 Å². The van der Waals surface area contributed by atoms with Crippen LogP contribution in [0.4, 0.5) is 0 Å². The molecule has 0 saturated heterocycles. The van der Waals surface area contributed by atoms with Crippen LogP contribution in [0.1, 0.15) is 45.5 Å². The lowest BCUT2D eigenvalue weighted by Crippen LogP contribution is -2.41. The third kappa shape index (κ3) is 4.26. The average molecular weight is 270 g/mol. The van der Waals surface area contributed by atoms with Gasteiger partial charge in [-0.15, -0.1) is 0 Å². The average Bonchev–Trinajstić information content (AvgIpc) is 2.75. The number of rotatable bonds is 6. The van der Waals surface area contributed by atoms with Crippen molar-refractivity contribution in [3.8, 4) is 0 Å². The first kappa shape index (κ1) is 15.5. The molecule has 1 heterocycles. The molecule has 1 aromatic rings. The maximum Gasteiger partial charge on any atom is 0.191 e. The molecule has 0 saturated carbocycles. The lowest BCUT2D eigenvalue weighted by molar-refractivity contribution is 0.129. The van der Waals surface area contributed by atoms with Gasteiger partial charge >= 0.3 is 0 Å². The van der Waals surface area contributed by atoms with E-state index in [1.165, 1.54) is 0 Å². The molecule has 0 bridgehead atoms. The summed E-state index contributed by atoms with van der Waals surface area (Å²) in [6, 6.07) is 3.60. The molecule has 0 aromatic carbocycles. The van der Waals surface area contributed by atoms with Crippen molar-refractivity contribution in [3.63, 3.8) is 0 Å². The Balaban J connectivity index is 2.27. The predicted molar refractivity (Wildman–Crippen MR) is 76.1 cm³/mol. The quantitative estimate of drug-likeness (QED) is 0.624. The van der Waals surface area contributed by atoms with Gasteiger partial charge in [0.25, 0.3) is 0 Å². The molecule has 1 atom stereocenters. The summed E-state index contributed by atoms with van der Waals surface area (Å²) in [4.78, 5) is 0. The third-order valence-corrected chi connectivity index (χ3v) is 8.30. The fourth-order valence-electron chi connectivity index (χ4n) is 1.44. The number of furan rings is 1. The second-order valence-corrected chi connectivity index (χ2v) is 11.1. The number of hydrogen-bond acceptors (Lipinski definition) is 3. The minimum Gasteiger partial charge on any atom is -0.467 e. The Hall–Kier alpha value is -0.583. The summed E-state index contributed by atoms with van der Waals surface area (Å²) in [5.41, 5.74) is 0. The van der Waals surface area contributed by atoms with Crippen LogP contribution in [0, 0.1) is 0 Å². The molecular weight excluding hydrogens is 244 g/mol. The van der Waals surface area contributed by atoms with Crippen molar-refractivity contribution >= 4 is 8.32 Å². The summed E-state index contributed by atoms with van der Waals surface area (Å²) in [6.45, 7) is 11.9. The van der Waals surface area contributed by atoms with E-state index in [2.05, 4.69) is 33.9 Å². The van der Waals surface area contributed by atoms with Crippen molar-refractivity contribution in [2.24, 2.45) is 0 Å². The van der Waals surface area contributed by atoms with E-state index in [1.807, 2.05) is 0 Å². The van der Waals surface area contributed by atoms with E-state index >= 15 is 0 Å². The zero-order valence-electron chi connectivity index (χ0n) is 12.2. The zero-order chi connectivity index (χ0) is 13.8. The third-order valence-electron chi connectivity index (χ3n) is 3.76. The molecule has 18 heavy (non-hydrogen) atoms. The van der Waals surface area contributed by atoms with Crippen molar-refractivity contribution < 1.29 is 13.9 Å². The van der Waals surface area contributed by atoms with Gasteiger partial charge in [0, 0.05) is 6.61 Å². The Morgan fingerprint density at radius 2 is 2.06 bits per heavy atom. The van der Waals surface area contributed by atoms with Crippen molar-refractivity contribution in [2.45, 2.75) is 57.8 Å². The van der Waals surface area contributed by atoms with Crippen LogP contribution in [0.5, 0.6) is 0 Å². The lowest BCUT2D eigenvalue weighted by Gasteiger charge is -2.36. The SMILES string of the molecule is CC(C)(C)[Si](C)(C)OCCC[C@@H](O)c1ccco1. The Bertz CT molecular complexity index is 338. The summed E-state index contributed by atoms with van der Waals surface area (Å²) in [5, 5.41) is 10.1. The van der Waals surface area contributed by atoms with Crippen molar-refractivity contribution in [2.75, 3.05) is 6.61 Å². The summed E-state index contributed by atoms with van der Waals surface area (Å²) < 4.78 is 11.2. The van der Waals surface area contributed by atoms with E-state index in [-0.39, 0.29) is 5.04 Å². The fraction of sp³-hybridized carbons (Fsp3) is 0.714. The van der Waals surface area contributed by atoms with Gasteiger partial charge < -0.3 is 13.9 Å². The number of aliphatic hydroxyl groups is 1. The second kappa shape index (κ2) is 6.04. The molecule has 0 spiro atoms. The summed E-state index contributed by atoms with van der Waals surface area (Å²) in [7, 11) is -1.65. The topological polar surface area (TPSA) is 42.6 Å². The summed E-state index contributed by atoms with van der Waals surface area (Å²) >= 11 is 0. The smallest absolute Gasteiger partial charge is 0.191 e. The molecule has 0 amide bonds. The molecule has 104 valence electrons. The van der Waals surface area contributed by atoms with Crippen LogP contribution in [0.25, 0.3) is 0 Å². The minimum atomic E-state index is -1.65. The molecule has 0 aliphatic carbocycles. The Morgan fingerprint density at radius 1 is 1.39 bits per heavy atom. The molecular formula is C14H26O3Si. The van der Waals surface area contributed by atoms with E-state index in [4.69, 9.17) is 8.84 Å². The molecule has 3 nitrogen and oxygen atoms in total. The largest absolute Gasteiger partial charge is 0.467 e. The highest BCUT2D eigenvalue weighted by Gasteiger charge is 2.36. The Kier molecular flexibility index (Phi) is 5.19. The molecule has 0 fully saturated rings. The molecule has 0 aliphatic heterocycles. The molecule has 0 aliphatic rings. The van der Waals surface area contributed by atoms with Gasteiger partial charge in [0.2, 0.25) is 0 Å². The molecule has 1 rings (SSSR count). The molecule has 0 unspecified atom stereocenters. The zero-order valence-corrected chi connectivity index (χ0v) is 13.2. The highest BCUT2D eigenvalue weighted by atomic mass is 28.4. The summed E-state index contributed by atoms with van der Waals surface area (Å²) in [6.07, 6.45) is 2.62.